The maximum Gasteiger partial charge on any atom is 0.267 e. The third-order valence-corrected chi connectivity index (χ3v) is 7.85. The zero-order valence-corrected chi connectivity index (χ0v) is 20.3. The summed E-state index contributed by atoms with van der Waals surface area (Å²) in [5.41, 5.74) is 1.35. The molecule has 0 N–H and O–H groups in total. The lowest BCUT2D eigenvalue weighted by molar-refractivity contribution is -0.128. The Hall–Kier alpha value is -2.50. The van der Waals surface area contributed by atoms with Gasteiger partial charge < -0.3 is 9.80 Å². The zero-order valence-electron chi connectivity index (χ0n) is 18.0. The fraction of sp³-hybridized carbons (Fsp3) is 0.292. The summed E-state index contributed by atoms with van der Waals surface area (Å²) >= 11 is 13.8. The molecule has 4 rings (SSSR count). The number of likely N-dealkylation sites (N-methyl/N-ethyl adjacent to an activating group) is 1. The van der Waals surface area contributed by atoms with Crippen molar-refractivity contribution in [3.05, 3.63) is 74.7 Å². The summed E-state index contributed by atoms with van der Waals surface area (Å²) in [6, 6.07) is 16.5. The van der Waals surface area contributed by atoms with E-state index >= 15 is 0 Å². The van der Waals surface area contributed by atoms with Crippen LogP contribution in [0.4, 0.5) is 5.69 Å². The van der Waals surface area contributed by atoms with Gasteiger partial charge in [0.05, 0.1) is 15.3 Å². The van der Waals surface area contributed by atoms with Crippen molar-refractivity contribution in [1.29, 1.82) is 5.26 Å². The summed E-state index contributed by atoms with van der Waals surface area (Å²) in [4.78, 5) is 32.1. The number of nitrogens with zero attached hydrogens (tertiary/aromatic N) is 4. The van der Waals surface area contributed by atoms with Crippen molar-refractivity contribution in [3.63, 3.8) is 0 Å². The van der Waals surface area contributed by atoms with Gasteiger partial charge in [0.15, 0.2) is 0 Å². The molecule has 0 unspecified atom stereocenters. The van der Waals surface area contributed by atoms with E-state index in [4.69, 9.17) is 23.2 Å². The van der Waals surface area contributed by atoms with E-state index in [1.165, 1.54) is 16.7 Å². The first-order chi connectivity index (χ1) is 15.9. The molecule has 2 amide bonds. The molecule has 2 aliphatic rings. The van der Waals surface area contributed by atoms with Gasteiger partial charge in [-0.05, 0) is 37.2 Å². The summed E-state index contributed by atoms with van der Waals surface area (Å²) in [5.74, 6) is -0.542. The van der Waals surface area contributed by atoms with Crippen LogP contribution >= 0.6 is 35.0 Å². The molecule has 2 fully saturated rings. The number of amides is 2. The Morgan fingerprint density at radius 1 is 1.09 bits per heavy atom. The summed E-state index contributed by atoms with van der Waals surface area (Å²) in [7, 11) is 2.00. The van der Waals surface area contributed by atoms with Crippen LogP contribution in [-0.4, -0.2) is 60.1 Å². The fourth-order valence-corrected chi connectivity index (χ4v) is 5.55. The van der Waals surface area contributed by atoms with Crippen LogP contribution in [0.5, 0.6) is 0 Å². The smallest absolute Gasteiger partial charge is 0.267 e. The Bertz CT molecular complexity index is 1140. The number of para-hydroxylation sites is 1. The lowest BCUT2D eigenvalue weighted by Gasteiger charge is -2.32. The lowest BCUT2D eigenvalue weighted by atomic mass is 10.1. The van der Waals surface area contributed by atoms with Crippen LogP contribution in [0.3, 0.4) is 0 Å². The van der Waals surface area contributed by atoms with E-state index in [1.54, 1.807) is 29.2 Å². The number of thioether (sulfide) groups is 1. The maximum atomic E-state index is 13.5. The first-order valence-corrected chi connectivity index (χ1v) is 12.1. The first-order valence-electron chi connectivity index (χ1n) is 10.5. The molecule has 0 spiro atoms. The molecule has 9 heteroatoms. The van der Waals surface area contributed by atoms with E-state index < -0.39 is 5.25 Å². The van der Waals surface area contributed by atoms with Crippen molar-refractivity contribution in [2.24, 2.45) is 0 Å². The van der Waals surface area contributed by atoms with Crippen LogP contribution in [0, 0.1) is 11.3 Å². The third kappa shape index (κ3) is 4.90. The van der Waals surface area contributed by atoms with Gasteiger partial charge in [-0.2, -0.15) is 5.26 Å². The molecule has 2 aromatic rings. The minimum Gasteiger partial charge on any atom is -0.335 e. The second kappa shape index (κ2) is 10.2. The predicted octanol–water partition coefficient (Wildman–Crippen LogP) is 4.19. The van der Waals surface area contributed by atoms with Crippen molar-refractivity contribution in [2.45, 2.75) is 11.7 Å². The number of carbonyl (C=O) groups is 2. The van der Waals surface area contributed by atoms with Gasteiger partial charge in [-0.3, -0.25) is 14.5 Å². The van der Waals surface area contributed by atoms with Crippen molar-refractivity contribution in [3.8, 4) is 6.07 Å². The van der Waals surface area contributed by atoms with E-state index in [0.717, 1.165) is 18.7 Å². The number of hydrogen-bond acceptors (Lipinski definition) is 5. The monoisotopic (exact) mass is 500 g/mol. The van der Waals surface area contributed by atoms with Crippen LogP contribution < -0.4 is 4.90 Å². The summed E-state index contributed by atoms with van der Waals surface area (Å²) in [6.45, 7) is 2.56. The molecule has 2 heterocycles. The number of anilines is 1. The number of rotatable bonds is 4. The van der Waals surface area contributed by atoms with Gasteiger partial charge in [0.1, 0.15) is 16.7 Å². The Balaban J connectivity index is 1.72. The van der Waals surface area contributed by atoms with Crippen molar-refractivity contribution in [1.82, 2.24) is 9.80 Å². The Morgan fingerprint density at radius 2 is 1.79 bits per heavy atom. The third-order valence-electron chi connectivity index (χ3n) is 5.73. The molecule has 0 saturated carbocycles. The molecule has 33 heavy (non-hydrogen) atoms. The number of carbonyl (C=O) groups excluding carboxylic acids is 2. The van der Waals surface area contributed by atoms with E-state index in [1.807, 2.05) is 31.3 Å². The molecule has 6 nitrogen and oxygen atoms in total. The van der Waals surface area contributed by atoms with Crippen LogP contribution in [0.1, 0.15) is 5.56 Å². The molecular formula is C24H22Cl2N4O2S. The molecule has 2 saturated heterocycles. The molecule has 0 bridgehead atoms. The number of hydrogen-bond donors (Lipinski definition) is 0. The summed E-state index contributed by atoms with van der Waals surface area (Å²) in [5, 5.41) is 10.6. The number of halogens is 2. The van der Waals surface area contributed by atoms with Gasteiger partial charge in [-0.1, -0.05) is 65.3 Å². The predicted molar refractivity (Wildman–Crippen MR) is 132 cm³/mol. The minimum atomic E-state index is -0.542. The lowest BCUT2D eigenvalue weighted by Crippen LogP contribution is -2.47. The highest BCUT2D eigenvalue weighted by molar-refractivity contribution is 8.05. The van der Waals surface area contributed by atoms with E-state index in [9.17, 15) is 14.9 Å². The van der Waals surface area contributed by atoms with Crippen LogP contribution in [0.25, 0.3) is 0 Å². The zero-order chi connectivity index (χ0) is 23.5. The van der Waals surface area contributed by atoms with Crippen molar-refractivity contribution >= 4 is 52.5 Å². The van der Waals surface area contributed by atoms with Gasteiger partial charge >= 0.3 is 0 Å². The Kier molecular flexibility index (Phi) is 7.30. The van der Waals surface area contributed by atoms with Crippen molar-refractivity contribution in [2.75, 3.05) is 38.1 Å². The molecule has 2 aromatic carbocycles. The van der Waals surface area contributed by atoms with Gasteiger partial charge in [0.2, 0.25) is 5.91 Å². The molecule has 170 valence electrons. The molecular weight excluding hydrogens is 479 g/mol. The number of piperazine rings is 1. The average Bonchev–Trinajstić information content (AvgIpc) is 3.14. The molecule has 2 aliphatic heterocycles. The topological polar surface area (TPSA) is 67.6 Å². The highest BCUT2D eigenvalue weighted by Crippen LogP contribution is 2.43. The SMILES string of the molecule is CN1CCN(C(=O)/C(C#N)=C2\S[C@H](Cc3cccc(Cl)c3Cl)C(=O)N2c2ccccc2)CC1. The molecule has 0 radical (unpaired) electrons. The van der Waals surface area contributed by atoms with E-state index in [-0.39, 0.29) is 17.4 Å². The first kappa shape index (κ1) is 23.7. The van der Waals surface area contributed by atoms with Gasteiger partial charge in [0, 0.05) is 31.9 Å². The standard InChI is InChI=1S/C24H22Cl2N4O2S/c1-28-10-12-29(13-11-28)22(31)18(15-27)24-30(17-7-3-2-4-8-17)23(32)20(33-24)14-16-6-5-9-19(25)21(16)26/h2-9,20H,10-14H2,1H3/b24-18-/t20-/m1/s1. The van der Waals surface area contributed by atoms with Gasteiger partial charge in [-0.15, -0.1) is 0 Å². The summed E-state index contributed by atoms with van der Waals surface area (Å²) in [6.07, 6.45) is 0.330. The van der Waals surface area contributed by atoms with E-state index in [2.05, 4.69) is 11.0 Å². The highest BCUT2D eigenvalue weighted by Gasteiger charge is 2.41. The maximum absolute atomic E-state index is 13.5. The molecule has 1 atom stereocenters. The van der Waals surface area contributed by atoms with Gasteiger partial charge in [-0.25, -0.2) is 0 Å². The molecule has 0 aliphatic carbocycles. The Labute approximate surface area is 207 Å². The van der Waals surface area contributed by atoms with Crippen LogP contribution in [0.15, 0.2) is 59.1 Å². The number of benzene rings is 2. The normalized spacial score (nSPS) is 20.7. The van der Waals surface area contributed by atoms with Crippen LogP contribution in [0.2, 0.25) is 10.0 Å². The molecule has 0 aromatic heterocycles. The second-order valence-electron chi connectivity index (χ2n) is 7.92. The van der Waals surface area contributed by atoms with E-state index in [0.29, 0.717) is 40.3 Å². The largest absolute Gasteiger partial charge is 0.335 e. The summed E-state index contributed by atoms with van der Waals surface area (Å²) < 4.78 is 0. The minimum absolute atomic E-state index is 0.0125. The van der Waals surface area contributed by atoms with Crippen LogP contribution in [-0.2, 0) is 16.0 Å². The number of nitriles is 1. The Morgan fingerprint density at radius 3 is 2.45 bits per heavy atom. The average molecular weight is 501 g/mol. The quantitative estimate of drug-likeness (QED) is 0.464. The highest BCUT2D eigenvalue weighted by atomic mass is 35.5. The van der Waals surface area contributed by atoms with Gasteiger partial charge in [0.25, 0.3) is 5.91 Å². The second-order valence-corrected chi connectivity index (χ2v) is 9.90. The van der Waals surface area contributed by atoms with Crippen molar-refractivity contribution < 1.29 is 9.59 Å². The fourth-order valence-electron chi connectivity index (χ4n) is 3.86.